The molecule has 1 nitrogen and oxygen atoms in total. The van der Waals surface area contributed by atoms with Gasteiger partial charge in [-0.05, 0) is 62.4 Å². The van der Waals surface area contributed by atoms with Crippen molar-refractivity contribution in [1.82, 2.24) is 4.90 Å². The minimum Gasteiger partial charge on any atom is -0.300 e. The summed E-state index contributed by atoms with van der Waals surface area (Å²) in [6.07, 6.45) is 6.68. The lowest BCUT2D eigenvalue weighted by Gasteiger charge is -2.44. The van der Waals surface area contributed by atoms with E-state index in [0.29, 0.717) is 16.0 Å². The SMILES string of the molecule is Cl.Clc1ccc([C@H]2CCCN3CCCC[C@H]23)cc1Cl. The molecule has 2 aliphatic heterocycles. The quantitative estimate of drug-likeness (QED) is 0.692. The molecule has 1 aromatic carbocycles. The highest BCUT2D eigenvalue weighted by Gasteiger charge is 2.33. The van der Waals surface area contributed by atoms with Gasteiger partial charge in [-0.15, -0.1) is 12.4 Å². The predicted molar refractivity (Wildman–Crippen MR) is 84.9 cm³/mol. The minimum atomic E-state index is 0. The maximum atomic E-state index is 6.16. The first-order valence-corrected chi connectivity index (χ1v) is 7.70. The van der Waals surface area contributed by atoms with Crippen LogP contribution in [-0.2, 0) is 0 Å². The number of hydrogen-bond acceptors (Lipinski definition) is 1. The molecule has 0 spiro atoms. The van der Waals surface area contributed by atoms with Gasteiger partial charge in [0.15, 0.2) is 0 Å². The monoisotopic (exact) mass is 319 g/mol. The van der Waals surface area contributed by atoms with Crippen molar-refractivity contribution >= 4 is 35.6 Å². The highest BCUT2D eigenvalue weighted by Crippen LogP contribution is 2.39. The van der Waals surface area contributed by atoms with E-state index in [1.807, 2.05) is 6.07 Å². The van der Waals surface area contributed by atoms with Gasteiger partial charge in [0.25, 0.3) is 0 Å². The van der Waals surface area contributed by atoms with Crippen molar-refractivity contribution in [3.05, 3.63) is 33.8 Å². The van der Waals surface area contributed by atoms with Crippen LogP contribution >= 0.6 is 35.6 Å². The summed E-state index contributed by atoms with van der Waals surface area (Å²) < 4.78 is 0. The van der Waals surface area contributed by atoms with Gasteiger partial charge in [-0.1, -0.05) is 35.7 Å². The Labute approximate surface area is 131 Å². The van der Waals surface area contributed by atoms with Gasteiger partial charge in [-0.2, -0.15) is 0 Å². The molecule has 2 heterocycles. The summed E-state index contributed by atoms with van der Waals surface area (Å²) in [4.78, 5) is 2.68. The molecular formula is C15H20Cl3N. The van der Waals surface area contributed by atoms with Crippen LogP contribution in [0.4, 0.5) is 0 Å². The second-order valence-electron chi connectivity index (χ2n) is 5.52. The van der Waals surface area contributed by atoms with E-state index in [9.17, 15) is 0 Å². The zero-order chi connectivity index (χ0) is 12.5. The van der Waals surface area contributed by atoms with Gasteiger partial charge < -0.3 is 0 Å². The van der Waals surface area contributed by atoms with Crippen molar-refractivity contribution < 1.29 is 0 Å². The third kappa shape index (κ3) is 3.21. The Bertz CT molecular complexity index is 433. The Morgan fingerprint density at radius 2 is 1.74 bits per heavy atom. The zero-order valence-electron chi connectivity index (χ0n) is 10.9. The molecule has 2 saturated heterocycles. The fourth-order valence-electron chi connectivity index (χ4n) is 3.59. The Balaban J connectivity index is 0.00000133. The average Bonchev–Trinajstić information content (AvgIpc) is 2.41. The van der Waals surface area contributed by atoms with Gasteiger partial charge in [0.1, 0.15) is 0 Å². The fourth-order valence-corrected chi connectivity index (χ4v) is 3.90. The predicted octanol–water partition coefficient (Wildman–Crippen LogP) is 5.15. The van der Waals surface area contributed by atoms with Crippen molar-refractivity contribution in [2.24, 2.45) is 0 Å². The molecule has 2 aliphatic rings. The maximum absolute atomic E-state index is 6.16. The molecule has 1 aromatic rings. The Hall–Kier alpha value is 0.0500. The van der Waals surface area contributed by atoms with Gasteiger partial charge in [-0.3, -0.25) is 4.90 Å². The van der Waals surface area contributed by atoms with Gasteiger partial charge in [-0.25, -0.2) is 0 Å². The van der Waals surface area contributed by atoms with Crippen LogP contribution in [-0.4, -0.2) is 24.0 Å². The summed E-state index contributed by atoms with van der Waals surface area (Å²) in [5.41, 5.74) is 1.38. The molecule has 0 N–H and O–H groups in total. The minimum absolute atomic E-state index is 0. The number of piperidine rings is 2. The van der Waals surface area contributed by atoms with Crippen LogP contribution in [0.15, 0.2) is 18.2 Å². The van der Waals surface area contributed by atoms with E-state index in [1.54, 1.807) is 0 Å². The Kier molecular flexibility index (Phi) is 5.42. The summed E-state index contributed by atoms with van der Waals surface area (Å²) in [5, 5.41) is 1.36. The van der Waals surface area contributed by atoms with E-state index < -0.39 is 0 Å². The van der Waals surface area contributed by atoms with Crippen LogP contribution in [0.3, 0.4) is 0 Å². The third-order valence-corrected chi connectivity index (χ3v) is 5.20. The molecule has 0 amide bonds. The van der Waals surface area contributed by atoms with E-state index in [4.69, 9.17) is 23.2 Å². The summed E-state index contributed by atoms with van der Waals surface area (Å²) in [6.45, 7) is 2.56. The number of halogens is 3. The first kappa shape index (κ1) is 15.4. The summed E-state index contributed by atoms with van der Waals surface area (Å²) in [5.74, 6) is 0.647. The number of nitrogens with zero attached hydrogens (tertiary/aromatic N) is 1. The highest BCUT2D eigenvalue weighted by atomic mass is 35.5. The summed E-state index contributed by atoms with van der Waals surface area (Å²) in [7, 11) is 0. The molecule has 4 heteroatoms. The van der Waals surface area contributed by atoms with Gasteiger partial charge in [0.05, 0.1) is 10.0 Å². The Morgan fingerprint density at radius 3 is 2.53 bits per heavy atom. The van der Waals surface area contributed by atoms with Crippen LogP contribution in [0.1, 0.15) is 43.6 Å². The molecule has 0 radical (unpaired) electrons. The highest BCUT2D eigenvalue weighted by molar-refractivity contribution is 6.42. The molecule has 106 valence electrons. The van der Waals surface area contributed by atoms with Crippen molar-refractivity contribution in [3.63, 3.8) is 0 Å². The van der Waals surface area contributed by atoms with Crippen molar-refractivity contribution in [2.45, 2.75) is 44.1 Å². The van der Waals surface area contributed by atoms with E-state index in [2.05, 4.69) is 17.0 Å². The standard InChI is InChI=1S/C15H19Cl2N.ClH/c16-13-7-6-11(10-14(13)17)12-4-3-9-18-8-2-1-5-15(12)18;/h6-7,10,12,15H,1-5,8-9H2;1H/t12-,15-;/m1./s1. The van der Waals surface area contributed by atoms with Crippen LogP contribution in [0.5, 0.6) is 0 Å². The molecular weight excluding hydrogens is 301 g/mol. The molecule has 0 saturated carbocycles. The normalized spacial score (nSPS) is 27.5. The Morgan fingerprint density at radius 1 is 0.947 bits per heavy atom. The molecule has 19 heavy (non-hydrogen) atoms. The summed E-state index contributed by atoms with van der Waals surface area (Å²) in [6, 6.07) is 6.91. The molecule has 2 fully saturated rings. The third-order valence-electron chi connectivity index (χ3n) is 4.46. The van der Waals surface area contributed by atoms with Gasteiger partial charge in [0.2, 0.25) is 0 Å². The maximum Gasteiger partial charge on any atom is 0.0595 e. The van der Waals surface area contributed by atoms with Crippen molar-refractivity contribution in [2.75, 3.05) is 13.1 Å². The van der Waals surface area contributed by atoms with Crippen LogP contribution < -0.4 is 0 Å². The zero-order valence-corrected chi connectivity index (χ0v) is 13.3. The largest absolute Gasteiger partial charge is 0.300 e. The van der Waals surface area contributed by atoms with E-state index >= 15 is 0 Å². The van der Waals surface area contributed by atoms with Crippen LogP contribution in [0.2, 0.25) is 10.0 Å². The topological polar surface area (TPSA) is 3.24 Å². The molecule has 0 bridgehead atoms. The van der Waals surface area contributed by atoms with Gasteiger partial charge in [0, 0.05) is 6.04 Å². The first-order valence-electron chi connectivity index (χ1n) is 6.95. The smallest absolute Gasteiger partial charge is 0.0595 e. The van der Waals surface area contributed by atoms with E-state index in [0.717, 1.165) is 6.04 Å². The molecule has 0 aromatic heterocycles. The molecule has 0 aliphatic carbocycles. The van der Waals surface area contributed by atoms with Crippen molar-refractivity contribution in [3.8, 4) is 0 Å². The molecule has 3 rings (SSSR count). The number of hydrogen-bond donors (Lipinski definition) is 0. The number of rotatable bonds is 1. The lowest BCUT2D eigenvalue weighted by Crippen LogP contribution is -2.46. The summed E-state index contributed by atoms with van der Waals surface area (Å²) >= 11 is 12.2. The van der Waals surface area contributed by atoms with Crippen LogP contribution in [0, 0.1) is 0 Å². The second kappa shape index (κ2) is 6.67. The van der Waals surface area contributed by atoms with Gasteiger partial charge >= 0.3 is 0 Å². The first-order chi connectivity index (χ1) is 8.75. The molecule has 2 atom stereocenters. The average molecular weight is 321 g/mol. The van der Waals surface area contributed by atoms with E-state index in [-0.39, 0.29) is 12.4 Å². The lowest BCUT2D eigenvalue weighted by molar-refractivity contribution is 0.0894. The van der Waals surface area contributed by atoms with Crippen molar-refractivity contribution in [1.29, 1.82) is 0 Å². The number of benzene rings is 1. The fraction of sp³-hybridized carbons (Fsp3) is 0.600. The lowest BCUT2D eigenvalue weighted by atomic mass is 9.79. The second-order valence-corrected chi connectivity index (χ2v) is 6.34. The van der Waals surface area contributed by atoms with Crippen LogP contribution in [0.25, 0.3) is 0 Å². The molecule has 0 unspecified atom stereocenters. The number of fused-ring (bicyclic) bond motifs is 1. The van der Waals surface area contributed by atoms with E-state index in [1.165, 1.54) is 50.8 Å².